The van der Waals surface area contributed by atoms with Gasteiger partial charge < -0.3 is 8.98 Å². The second-order valence-electron chi connectivity index (χ2n) is 15.6. The number of fused-ring (bicyclic) bond motifs is 9. The largest absolute Gasteiger partial charge is 0.455 e. The third-order valence-corrected chi connectivity index (χ3v) is 14.8. The van der Waals surface area contributed by atoms with Crippen LogP contribution < -0.4 is 0 Å². The normalized spacial score (nSPS) is 13.6. The van der Waals surface area contributed by atoms with Crippen LogP contribution >= 0.6 is 10.0 Å². The van der Waals surface area contributed by atoms with Crippen molar-refractivity contribution >= 4 is 53.8 Å². The summed E-state index contributed by atoms with van der Waals surface area (Å²) < 4.78 is 9.14. The fourth-order valence-corrected chi connectivity index (χ4v) is 11.7. The van der Waals surface area contributed by atoms with Gasteiger partial charge in [-0.25, -0.2) is 15.0 Å². The quantitative estimate of drug-likeness (QED) is 0.175. The second kappa shape index (κ2) is 12.9. The first kappa shape index (κ1) is 33.8. The van der Waals surface area contributed by atoms with E-state index in [2.05, 4.69) is 175 Å². The van der Waals surface area contributed by atoms with Gasteiger partial charge in [0.2, 0.25) is 0 Å². The highest BCUT2D eigenvalue weighted by Gasteiger charge is 2.32. The molecule has 8 aromatic carbocycles. The molecule has 0 aliphatic carbocycles. The zero-order chi connectivity index (χ0) is 39.2. The Labute approximate surface area is 342 Å². The Kier molecular flexibility index (Phi) is 7.38. The van der Waals surface area contributed by atoms with Crippen LogP contribution in [0.2, 0.25) is 0 Å². The van der Waals surface area contributed by atoms with Gasteiger partial charge in [-0.05, 0) is 65.6 Å². The van der Waals surface area contributed by atoms with Crippen molar-refractivity contribution in [2.45, 2.75) is 9.79 Å². The van der Waals surface area contributed by atoms with Crippen LogP contribution in [0.5, 0.6) is 0 Å². The number of aromatic nitrogens is 4. The summed E-state index contributed by atoms with van der Waals surface area (Å²) in [6, 6.07) is 64.3. The Hall–Kier alpha value is -7.28. The summed E-state index contributed by atoms with van der Waals surface area (Å²) in [6.07, 6.45) is 4.78. The Balaban J connectivity index is 1.08. The zero-order valence-corrected chi connectivity index (χ0v) is 33.2. The van der Waals surface area contributed by atoms with Gasteiger partial charge in [0.15, 0.2) is 17.5 Å². The van der Waals surface area contributed by atoms with Gasteiger partial charge in [-0.3, -0.25) is 0 Å². The van der Waals surface area contributed by atoms with E-state index in [-0.39, 0.29) is 0 Å². The van der Waals surface area contributed by atoms with Crippen molar-refractivity contribution in [2.75, 3.05) is 12.5 Å². The van der Waals surface area contributed by atoms with Gasteiger partial charge >= 0.3 is 0 Å². The maximum atomic E-state index is 6.80. The lowest BCUT2D eigenvalue weighted by Crippen LogP contribution is -2.04. The highest BCUT2D eigenvalue weighted by Crippen LogP contribution is 2.67. The van der Waals surface area contributed by atoms with Gasteiger partial charge in [-0.2, -0.15) is 10.0 Å². The van der Waals surface area contributed by atoms with Crippen LogP contribution in [-0.2, 0) is 0 Å². The third kappa shape index (κ3) is 5.16. The molecular formula is C53H36N4OS. The molecule has 3 aromatic heterocycles. The standard InChI is InChI=1S/C53H36N4OS/c1-59(2)48-27-14-11-21-38(48)39-29-28-35(30-49(39)59)52-54-51(34-18-7-4-8-19-34)55-53(56-52)41-22-10-13-26-45(41)57-44-25-12-9-20-37(44)42-31-43-40-24-15-23-36(33-16-5-3-6-17-33)50(40)58-47(43)32-46(42)57/h3-32H,1-2H3. The Morgan fingerprint density at radius 3 is 1.86 bits per heavy atom. The van der Waals surface area contributed by atoms with Crippen LogP contribution in [0.25, 0.3) is 106 Å². The summed E-state index contributed by atoms with van der Waals surface area (Å²) in [5, 5.41) is 4.52. The molecule has 12 rings (SSSR count). The van der Waals surface area contributed by atoms with Crippen molar-refractivity contribution < 1.29 is 4.42 Å². The molecule has 5 nitrogen and oxygen atoms in total. The van der Waals surface area contributed by atoms with Gasteiger partial charge in [0.1, 0.15) is 11.2 Å². The third-order valence-electron chi connectivity index (χ3n) is 11.9. The summed E-state index contributed by atoms with van der Waals surface area (Å²) in [5.41, 5.74) is 12.5. The van der Waals surface area contributed by atoms with Crippen molar-refractivity contribution in [2.24, 2.45) is 0 Å². The molecule has 0 spiro atoms. The molecule has 1 aliphatic heterocycles. The van der Waals surface area contributed by atoms with E-state index in [1.54, 1.807) is 0 Å². The van der Waals surface area contributed by atoms with Gasteiger partial charge in [0.05, 0.1) is 16.7 Å². The Morgan fingerprint density at radius 2 is 1.03 bits per heavy atom. The van der Waals surface area contributed by atoms with Gasteiger partial charge in [0.25, 0.3) is 0 Å². The lowest BCUT2D eigenvalue weighted by atomic mass is 10.0. The van der Waals surface area contributed by atoms with Crippen molar-refractivity contribution in [1.29, 1.82) is 0 Å². The summed E-state index contributed by atoms with van der Waals surface area (Å²) in [5.74, 6) is 1.90. The van der Waals surface area contributed by atoms with Crippen molar-refractivity contribution in [1.82, 2.24) is 19.5 Å². The minimum atomic E-state index is -1.22. The van der Waals surface area contributed by atoms with E-state index < -0.39 is 10.0 Å². The van der Waals surface area contributed by atoms with E-state index in [0.29, 0.717) is 17.5 Å². The highest BCUT2D eigenvalue weighted by atomic mass is 32.3. The van der Waals surface area contributed by atoms with E-state index in [9.17, 15) is 0 Å². The first-order chi connectivity index (χ1) is 29.0. The smallest absolute Gasteiger partial charge is 0.166 e. The van der Waals surface area contributed by atoms with Gasteiger partial charge in [0, 0.05) is 59.7 Å². The van der Waals surface area contributed by atoms with Crippen LogP contribution in [0.1, 0.15) is 0 Å². The van der Waals surface area contributed by atoms with Crippen molar-refractivity contribution in [3.05, 3.63) is 182 Å². The average Bonchev–Trinajstić information content (AvgIpc) is 3.90. The first-order valence-electron chi connectivity index (χ1n) is 19.8. The van der Waals surface area contributed by atoms with E-state index in [1.165, 1.54) is 26.3 Å². The molecule has 4 heterocycles. The maximum Gasteiger partial charge on any atom is 0.166 e. The maximum absolute atomic E-state index is 6.80. The second-order valence-corrected chi connectivity index (χ2v) is 19.1. The topological polar surface area (TPSA) is 56.7 Å². The van der Waals surface area contributed by atoms with Crippen LogP contribution in [0.3, 0.4) is 0 Å². The minimum Gasteiger partial charge on any atom is -0.455 e. The lowest BCUT2D eigenvalue weighted by Gasteiger charge is -2.28. The number of para-hydroxylation sites is 3. The lowest BCUT2D eigenvalue weighted by molar-refractivity contribution is 0.670. The molecule has 59 heavy (non-hydrogen) atoms. The summed E-state index contributed by atoms with van der Waals surface area (Å²) in [7, 11) is -1.22. The molecule has 280 valence electrons. The molecule has 0 amide bonds. The molecular weight excluding hydrogens is 741 g/mol. The van der Waals surface area contributed by atoms with Crippen LogP contribution in [-0.4, -0.2) is 32.0 Å². The predicted octanol–water partition coefficient (Wildman–Crippen LogP) is 14.0. The number of nitrogens with zero attached hydrogens (tertiary/aromatic N) is 4. The molecule has 0 saturated heterocycles. The monoisotopic (exact) mass is 776 g/mol. The molecule has 0 unspecified atom stereocenters. The molecule has 0 fully saturated rings. The fraction of sp³-hybridized carbons (Fsp3) is 0.0377. The number of furan rings is 1. The number of hydrogen-bond donors (Lipinski definition) is 0. The molecule has 11 aromatic rings. The van der Waals surface area contributed by atoms with Gasteiger partial charge in [-0.1, -0.05) is 140 Å². The predicted molar refractivity (Wildman–Crippen MR) is 245 cm³/mol. The summed E-state index contributed by atoms with van der Waals surface area (Å²) in [4.78, 5) is 18.5. The summed E-state index contributed by atoms with van der Waals surface area (Å²) in [6.45, 7) is 0. The highest BCUT2D eigenvalue weighted by molar-refractivity contribution is 8.33. The SMILES string of the molecule is CS1(C)c2ccccc2-c2ccc(-c3nc(-c4ccccc4)nc(-c4ccccc4-n4c5ccccc5c5cc6c(cc54)oc4c(-c5ccccc5)cccc46)n3)cc21. The molecule has 6 heteroatoms. The Morgan fingerprint density at radius 1 is 0.407 bits per heavy atom. The van der Waals surface area contributed by atoms with Gasteiger partial charge in [-0.15, -0.1) is 0 Å². The van der Waals surface area contributed by atoms with Crippen molar-refractivity contribution in [3.63, 3.8) is 0 Å². The van der Waals surface area contributed by atoms with E-state index >= 15 is 0 Å². The average molecular weight is 777 g/mol. The van der Waals surface area contributed by atoms with E-state index in [4.69, 9.17) is 19.4 Å². The summed E-state index contributed by atoms with van der Waals surface area (Å²) >= 11 is 0. The van der Waals surface area contributed by atoms with Crippen molar-refractivity contribution in [3.8, 4) is 62.1 Å². The number of rotatable bonds is 5. The number of hydrogen-bond acceptors (Lipinski definition) is 4. The Bertz CT molecular complexity index is 3480. The number of benzene rings is 8. The minimum absolute atomic E-state index is 0.614. The zero-order valence-electron chi connectivity index (χ0n) is 32.4. The van der Waals surface area contributed by atoms with Crippen LogP contribution in [0.4, 0.5) is 0 Å². The molecule has 1 aliphatic rings. The fourth-order valence-electron chi connectivity index (χ4n) is 9.12. The molecule has 0 saturated carbocycles. The first-order valence-corrected chi connectivity index (χ1v) is 22.3. The molecule has 0 atom stereocenters. The van der Waals surface area contributed by atoms with E-state index in [1.807, 2.05) is 24.3 Å². The van der Waals surface area contributed by atoms with Crippen LogP contribution in [0, 0.1) is 0 Å². The molecule has 0 bridgehead atoms. The van der Waals surface area contributed by atoms with E-state index in [0.717, 1.165) is 71.9 Å². The van der Waals surface area contributed by atoms with Crippen LogP contribution in [0.15, 0.2) is 196 Å². The molecule has 0 radical (unpaired) electrons. The molecule has 0 N–H and O–H groups in total.